The SMILES string of the molecule is O=C(CN1CCN(Cc2ccccc2F)CC1)NCc1cccc(Cl)c1. The van der Waals surface area contributed by atoms with Gasteiger partial charge in [-0.05, 0) is 23.8 Å². The molecule has 2 aromatic rings. The Morgan fingerprint density at radius 3 is 2.50 bits per heavy atom. The van der Waals surface area contributed by atoms with Crippen molar-refractivity contribution in [3.05, 3.63) is 70.5 Å². The van der Waals surface area contributed by atoms with Gasteiger partial charge >= 0.3 is 0 Å². The molecule has 2 aromatic carbocycles. The van der Waals surface area contributed by atoms with Crippen molar-refractivity contribution >= 4 is 17.5 Å². The lowest BCUT2D eigenvalue weighted by Gasteiger charge is -2.34. The molecular weight excluding hydrogens is 353 g/mol. The van der Waals surface area contributed by atoms with E-state index in [1.807, 2.05) is 36.4 Å². The molecule has 3 rings (SSSR count). The van der Waals surface area contributed by atoms with Crippen molar-refractivity contribution < 1.29 is 9.18 Å². The highest BCUT2D eigenvalue weighted by atomic mass is 35.5. The second-order valence-corrected chi connectivity index (χ2v) is 6.99. The quantitative estimate of drug-likeness (QED) is 0.843. The molecule has 1 N–H and O–H groups in total. The van der Waals surface area contributed by atoms with E-state index in [9.17, 15) is 9.18 Å². The van der Waals surface area contributed by atoms with Crippen molar-refractivity contribution in [2.45, 2.75) is 13.1 Å². The summed E-state index contributed by atoms with van der Waals surface area (Å²) in [6, 6.07) is 14.4. The number of piperazine rings is 1. The zero-order valence-corrected chi connectivity index (χ0v) is 15.4. The zero-order valence-electron chi connectivity index (χ0n) is 14.6. The molecule has 0 aromatic heterocycles. The molecule has 0 aliphatic carbocycles. The van der Waals surface area contributed by atoms with Crippen molar-refractivity contribution in [2.75, 3.05) is 32.7 Å². The third kappa shape index (κ3) is 5.53. The Balaban J connectivity index is 1.39. The minimum atomic E-state index is -0.157. The van der Waals surface area contributed by atoms with Crippen LogP contribution >= 0.6 is 11.6 Å². The summed E-state index contributed by atoms with van der Waals surface area (Å²) in [4.78, 5) is 16.5. The molecule has 0 atom stereocenters. The predicted molar refractivity (Wildman–Crippen MR) is 101 cm³/mol. The van der Waals surface area contributed by atoms with E-state index in [4.69, 9.17) is 11.6 Å². The van der Waals surface area contributed by atoms with Gasteiger partial charge in [-0.15, -0.1) is 0 Å². The number of benzene rings is 2. The maximum absolute atomic E-state index is 13.7. The standard InChI is InChI=1S/C20H23ClFN3O/c21-18-6-3-4-16(12-18)13-23-20(26)15-25-10-8-24(9-11-25)14-17-5-1-2-7-19(17)22/h1-7,12H,8-11,13-15H2,(H,23,26). The molecule has 0 saturated carbocycles. The number of rotatable bonds is 6. The molecule has 4 nitrogen and oxygen atoms in total. The largest absolute Gasteiger partial charge is 0.351 e. The number of hydrogen-bond acceptors (Lipinski definition) is 3. The van der Waals surface area contributed by atoms with E-state index in [-0.39, 0.29) is 11.7 Å². The first-order valence-corrected chi connectivity index (χ1v) is 9.17. The predicted octanol–water partition coefficient (Wildman–Crippen LogP) is 2.91. The van der Waals surface area contributed by atoms with Crippen LogP contribution in [0.25, 0.3) is 0 Å². The number of hydrogen-bond donors (Lipinski definition) is 1. The summed E-state index contributed by atoms with van der Waals surface area (Å²) in [5.41, 5.74) is 1.71. The van der Waals surface area contributed by atoms with Crippen molar-refractivity contribution in [3.63, 3.8) is 0 Å². The number of nitrogens with zero attached hydrogens (tertiary/aromatic N) is 2. The second-order valence-electron chi connectivity index (χ2n) is 6.55. The average molecular weight is 376 g/mol. The Morgan fingerprint density at radius 1 is 1.04 bits per heavy atom. The number of halogens is 2. The molecule has 0 unspecified atom stereocenters. The van der Waals surface area contributed by atoms with Crippen LogP contribution < -0.4 is 5.32 Å². The Hall–Kier alpha value is -1.95. The Kier molecular flexibility index (Phi) is 6.61. The molecule has 1 aliphatic rings. The topological polar surface area (TPSA) is 35.6 Å². The van der Waals surface area contributed by atoms with Gasteiger partial charge in [0.1, 0.15) is 5.82 Å². The molecule has 6 heteroatoms. The first-order chi connectivity index (χ1) is 12.6. The monoisotopic (exact) mass is 375 g/mol. The van der Waals surface area contributed by atoms with E-state index >= 15 is 0 Å². The molecule has 138 valence electrons. The summed E-state index contributed by atoms with van der Waals surface area (Å²) in [6.07, 6.45) is 0. The van der Waals surface area contributed by atoms with Crippen LogP contribution in [0.4, 0.5) is 4.39 Å². The molecule has 1 fully saturated rings. The number of amides is 1. The summed E-state index contributed by atoms with van der Waals surface area (Å²) >= 11 is 5.95. The van der Waals surface area contributed by atoms with Gasteiger partial charge in [-0.2, -0.15) is 0 Å². The van der Waals surface area contributed by atoms with Crippen LogP contribution in [0.15, 0.2) is 48.5 Å². The highest BCUT2D eigenvalue weighted by Gasteiger charge is 2.19. The molecule has 1 saturated heterocycles. The van der Waals surface area contributed by atoms with Crippen molar-refractivity contribution in [3.8, 4) is 0 Å². The lowest BCUT2D eigenvalue weighted by molar-refractivity contribution is -0.122. The van der Waals surface area contributed by atoms with Crippen LogP contribution in [-0.2, 0) is 17.9 Å². The van der Waals surface area contributed by atoms with Gasteiger partial charge in [-0.3, -0.25) is 14.6 Å². The Bertz CT molecular complexity index is 747. The average Bonchev–Trinajstić information content (AvgIpc) is 2.64. The summed E-state index contributed by atoms with van der Waals surface area (Å²) in [5, 5.41) is 3.60. The summed E-state index contributed by atoms with van der Waals surface area (Å²) in [6.45, 7) is 4.74. The second kappa shape index (κ2) is 9.12. The minimum Gasteiger partial charge on any atom is -0.351 e. The van der Waals surface area contributed by atoms with Gasteiger partial charge in [0.25, 0.3) is 0 Å². The third-order valence-electron chi connectivity index (χ3n) is 4.56. The van der Waals surface area contributed by atoms with E-state index in [0.717, 1.165) is 37.3 Å². The van der Waals surface area contributed by atoms with E-state index in [1.54, 1.807) is 6.07 Å². The summed E-state index contributed by atoms with van der Waals surface area (Å²) in [7, 11) is 0. The normalized spacial score (nSPS) is 15.8. The van der Waals surface area contributed by atoms with Crippen LogP contribution in [0, 0.1) is 5.82 Å². The molecule has 1 aliphatic heterocycles. The summed E-state index contributed by atoms with van der Waals surface area (Å²) in [5.74, 6) is -0.150. The van der Waals surface area contributed by atoms with E-state index in [1.165, 1.54) is 6.07 Å². The lowest BCUT2D eigenvalue weighted by Crippen LogP contribution is -2.49. The maximum Gasteiger partial charge on any atom is 0.234 e. The minimum absolute atomic E-state index is 0.00697. The maximum atomic E-state index is 13.7. The molecular formula is C20H23ClFN3O. The van der Waals surface area contributed by atoms with Crippen LogP contribution in [0.5, 0.6) is 0 Å². The van der Waals surface area contributed by atoms with Crippen LogP contribution in [0.3, 0.4) is 0 Å². The molecule has 1 amide bonds. The van der Waals surface area contributed by atoms with Crippen LogP contribution in [0.1, 0.15) is 11.1 Å². The fraction of sp³-hybridized carbons (Fsp3) is 0.350. The van der Waals surface area contributed by atoms with Crippen LogP contribution in [-0.4, -0.2) is 48.4 Å². The highest BCUT2D eigenvalue weighted by molar-refractivity contribution is 6.30. The molecule has 1 heterocycles. The fourth-order valence-corrected chi connectivity index (χ4v) is 3.29. The number of carbonyl (C=O) groups excluding carboxylic acids is 1. The first-order valence-electron chi connectivity index (χ1n) is 8.79. The van der Waals surface area contributed by atoms with Gasteiger partial charge in [0.05, 0.1) is 6.54 Å². The van der Waals surface area contributed by atoms with Crippen molar-refractivity contribution in [2.24, 2.45) is 0 Å². The van der Waals surface area contributed by atoms with Gasteiger partial charge in [0.15, 0.2) is 0 Å². The number of nitrogens with one attached hydrogen (secondary N) is 1. The van der Waals surface area contributed by atoms with E-state index < -0.39 is 0 Å². The van der Waals surface area contributed by atoms with Gasteiger partial charge in [-0.25, -0.2) is 4.39 Å². The molecule has 0 radical (unpaired) electrons. The highest BCUT2D eigenvalue weighted by Crippen LogP contribution is 2.12. The first kappa shape index (κ1) is 18.8. The Labute approximate surface area is 158 Å². The smallest absolute Gasteiger partial charge is 0.234 e. The Morgan fingerprint density at radius 2 is 1.77 bits per heavy atom. The van der Waals surface area contributed by atoms with Crippen molar-refractivity contribution in [1.29, 1.82) is 0 Å². The molecule has 0 bridgehead atoms. The molecule has 26 heavy (non-hydrogen) atoms. The van der Waals surface area contributed by atoms with Crippen molar-refractivity contribution in [1.82, 2.24) is 15.1 Å². The molecule has 0 spiro atoms. The van der Waals surface area contributed by atoms with Gasteiger partial charge in [0.2, 0.25) is 5.91 Å². The fourth-order valence-electron chi connectivity index (χ4n) is 3.08. The van der Waals surface area contributed by atoms with Crippen LogP contribution in [0.2, 0.25) is 5.02 Å². The van der Waals surface area contributed by atoms with E-state index in [0.29, 0.717) is 24.7 Å². The third-order valence-corrected chi connectivity index (χ3v) is 4.80. The number of carbonyl (C=O) groups is 1. The van der Waals surface area contributed by atoms with Gasteiger partial charge < -0.3 is 5.32 Å². The van der Waals surface area contributed by atoms with E-state index in [2.05, 4.69) is 15.1 Å². The lowest BCUT2D eigenvalue weighted by atomic mass is 10.2. The summed E-state index contributed by atoms with van der Waals surface area (Å²) < 4.78 is 13.7. The van der Waals surface area contributed by atoms with Gasteiger partial charge in [-0.1, -0.05) is 41.9 Å². The zero-order chi connectivity index (χ0) is 18.4. The van der Waals surface area contributed by atoms with Gasteiger partial charge in [0, 0.05) is 49.9 Å².